The first-order valence-corrected chi connectivity index (χ1v) is 6.30. The Balaban J connectivity index is 1.85. The summed E-state index contributed by atoms with van der Waals surface area (Å²) < 4.78 is 0. The molecule has 100 valence electrons. The van der Waals surface area contributed by atoms with Crippen LogP contribution < -0.4 is 10.6 Å². The van der Waals surface area contributed by atoms with E-state index in [9.17, 15) is 0 Å². The van der Waals surface area contributed by atoms with E-state index in [0.717, 1.165) is 28.5 Å². The fraction of sp³-hybridized carbons (Fsp3) is 0.0667. The lowest BCUT2D eigenvalue weighted by Gasteiger charge is -2.17. The van der Waals surface area contributed by atoms with E-state index in [1.165, 1.54) is 0 Å². The highest BCUT2D eigenvalue weighted by atomic mass is 15.2. The molecule has 3 N–H and O–H groups in total. The largest absolute Gasteiger partial charge is 0.399 e. The number of anilines is 3. The first kappa shape index (κ1) is 12.2. The van der Waals surface area contributed by atoms with Crippen molar-refractivity contribution in [1.82, 2.24) is 15.2 Å². The van der Waals surface area contributed by atoms with Crippen molar-refractivity contribution in [2.75, 3.05) is 17.7 Å². The summed E-state index contributed by atoms with van der Waals surface area (Å²) in [5.41, 5.74) is 9.33. The monoisotopic (exact) mass is 265 g/mol. The van der Waals surface area contributed by atoms with Gasteiger partial charge in [0, 0.05) is 36.4 Å². The minimum atomic E-state index is 0.746. The molecule has 1 aromatic carbocycles. The lowest BCUT2D eigenvalue weighted by molar-refractivity contribution is 0.993. The van der Waals surface area contributed by atoms with Gasteiger partial charge in [0.25, 0.3) is 0 Å². The summed E-state index contributed by atoms with van der Waals surface area (Å²) in [4.78, 5) is 4.97. The third-order valence-electron chi connectivity index (χ3n) is 3.17. The number of nitrogens with zero attached hydrogens (tertiary/aromatic N) is 3. The summed E-state index contributed by atoms with van der Waals surface area (Å²) >= 11 is 0. The Labute approximate surface area is 117 Å². The van der Waals surface area contributed by atoms with Crippen molar-refractivity contribution >= 4 is 17.2 Å². The molecule has 0 unspecified atom stereocenters. The molecular formula is C15H15N5. The molecule has 0 aliphatic heterocycles. The second kappa shape index (κ2) is 5.05. The quantitative estimate of drug-likeness (QED) is 0.714. The fourth-order valence-corrected chi connectivity index (χ4v) is 1.97. The van der Waals surface area contributed by atoms with Crippen LogP contribution in [0, 0.1) is 0 Å². The molecule has 0 spiro atoms. The number of hydrogen-bond acceptors (Lipinski definition) is 4. The highest BCUT2D eigenvalue weighted by Gasteiger charge is 2.07. The van der Waals surface area contributed by atoms with E-state index in [2.05, 4.69) is 15.2 Å². The molecular weight excluding hydrogens is 250 g/mol. The van der Waals surface area contributed by atoms with E-state index in [0.29, 0.717) is 0 Å². The molecule has 0 bridgehead atoms. The van der Waals surface area contributed by atoms with Gasteiger partial charge in [-0.05, 0) is 42.5 Å². The molecule has 0 saturated carbocycles. The third kappa shape index (κ3) is 2.33. The summed E-state index contributed by atoms with van der Waals surface area (Å²) in [6, 6.07) is 13.5. The molecule has 5 heteroatoms. The van der Waals surface area contributed by atoms with E-state index in [1.54, 1.807) is 0 Å². The predicted octanol–water partition coefficient (Wildman–Crippen LogP) is 2.82. The van der Waals surface area contributed by atoms with Gasteiger partial charge >= 0.3 is 0 Å². The van der Waals surface area contributed by atoms with Crippen LogP contribution in [0.5, 0.6) is 0 Å². The van der Waals surface area contributed by atoms with Crippen LogP contribution in [-0.4, -0.2) is 22.2 Å². The summed E-state index contributed by atoms with van der Waals surface area (Å²) in [6.07, 6.45) is 3.76. The van der Waals surface area contributed by atoms with Crippen molar-refractivity contribution in [1.29, 1.82) is 0 Å². The smallest absolute Gasteiger partial charge is 0.155 e. The Morgan fingerprint density at radius 1 is 1.00 bits per heavy atom. The zero-order chi connectivity index (χ0) is 13.9. The molecule has 0 amide bonds. The van der Waals surface area contributed by atoms with Crippen LogP contribution in [0.2, 0.25) is 0 Å². The molecule has 5 nitrogen and oxygen atoms in total. The average Bonchev–Trinajstić information content (AvgIpc) is 3.02. The van der Waals surface area contributed by atoms with E-state index in [-0.39, 0.29) is 0 Å². The van der Waals surface area contributed by atoms with Crippen LogP contribution in [0.15, 0.2) is 54.9 Å². The molecule has 0 atom stereocenters. The van der Waals surface area contributed by atoms with Crippen LogP contribution in [0.3, 0.4) is 0 Å². The Kier molecular flexibility index (Phi) is 3.09. The second-order valence-corrected chi connectivity index (χ2v) is 4.53. The SMILES string of the molecule is CN(c1ccc(N)cc1)c1ccc(-c2cc[nH]c2)nn1. The van der Waals surface area contributed by atoms with Gasteiger partial charge in [0.15, 0.2) is 5.82 Å². The maximum atomic E-state index is 5.69. The van der Waals surface area contributed by atoms with Gasteiger partial charge in [-0.25, -0.2) is 0 Å². The third-order valence-corrected chi connectivity index (χ3v) is 3.17. The lowest BCUT2D eigenvalue weighted by Crippen LogP contribution is -2.11. The van der Waals surface area contributed by atoms with Gasteiger partial charge in [0.05, 0.1) is 5.69 Å². The first-order valence-electron chi connectivity index (χ1n) is 6.30. The van der Waals surface area contributed by atoms with E-state index >= 15 is 0 Å². The number of aromatic amines is 1. The Bertz CT molecular complexity index is 671. The number of benzene rings is 1. The van der Waals surface area contributed by atoms with Crippen molar-refractivity contribution in [3.8, 4) is 11.3 Å². The van der Waals surface area contributed by atoms with E-state index in [4.69, 9.17) is 5.73 Å². The first-order chi connectivity index (χ1) is 9.74. The normalized spacial score (nSPS) is 10.4. The molecule has 3 aromatic rings. The van der Waals surface area contributed by atoms with Gasteiger partial charge in [-0.2, -0.15) is 0 Å². The van der Waals surface area contributed by atoms with Gasteiger partial charge in [-0.3, -0.25) is 0 Å². The number of hydrogen-bond donors (Lipinski definition) is 2. The van der Waals surface area contributed by atoms with Crippen molar-refractivity contribution in [2.45, 2.75) is 0 Å². The number of nitrogens with two attached hydrogens (primary N) is 1. The number of nitrogen functional groups attached to an aromatic ring is 1. The minimum Gasteiger partial charge on any atom is -0.399 e. The average molecular weight is 265 g/mol. The zero-order valence-electron chi connectivity index (χ0n) is 11.1. The fourth-order valence-electron chi connectivity index (χ4n) is 1.97. The van der Waals surface area contributed by atoms with Crippen molar-refractivity contribution in [3.63, 3.8) is 0 Å². The highest BCUT2D eigenvalue weighted by Crippen LogP contribution is 2.23. The molecule has 20 heavy (non-hydrogen) atoms. The van der Waals surface area contributed by atoms with Crippen LogP contribution in [0.4, 0.5) is 17.2 Å². The topological polar surface area (TPSA) is 70.8 Å². The Morgan fingerprint density at radius 3 is 2.40 bits per heavy atom. The van der Waals surface area contributed by atoms with Gasteiger partial charge < -0.3 is 15.6 Å². The van der Waals surface area contributed by atoms with Crippen LogP contribution >= 0.6 is 0 Å². The summed E-state index contributed by atoms with van der Waals surface area (Å²) in [5, 5.41) is 8.51. The number of rotatable bonds is 3. The maximum absolute atomic E-state index is 5.69. The van der Waals surface area contributed by atoms with Crippen molar-refractivity contribution < 1.29 is 0 Å². The lowest BCUT2D eigenvalue weighted by atomic mass is 10.2. The summed E-state index contributed by atoms with van der Waals surface area (Å²) in [7, 11) is 1.95. The molecule has 3 rings (SSSR count). The zero-order valence-corrected chi connectivity index (χ0v) is 11.1. The van der Waals surface area contributed by atoms with E-state index < -0.39 is 0 Å². The minimum absolute atomic E-state index is 0.746. The van der Waals surface area contributed by atoms with Gasteiger partial charge in [0.2, 0.25) is 0 Å². The molecule has 0 saturated heterocycles. The number of nitrogens with one attached hydrogen (secondary N) is 1. The molecule has 2 aromatic heterocycles. The molecule has 2 heterocycles. The second-order valence-electron chi connectivity index (χ2n) is 4.53. The number of aromatic nitrogens is 3. The molecule has 0 radical (unpaired) electrons. The van der Waals surface area contributed by atoms with Gasteiger partial charge in [-0.15, -0.1) is 10.2 Å². The highest BCUT2D eigenvalue weighted by molar-refractivity contribution is 5.63. The van der Waals surface area contributed by atoms with Crippen LogP contribution in [0.1, 0.15) is 0 Å². The Hall–Kier alpha value is -2.82. The standard InChI is InChI=1S/C15H15N5/c1-20(13-4-2-12(16)3-5-13)15-7-6-14(18-19-15)11-8-9-17-10-11/h2-10,17H,16H2,1H3. The predicted molar refractivity (Wildman–Crippen MR) is 80.7 cm³/mol. The summed E-state index contributed by atoms with van der Waals surface area (Å²) in [5.74, 6) is 0.786. The summed E-state index contributed by atoms with van der Waals surface area (Å²) in [6.45, 7) is 0. The van der Waals surface area contributed by atoms with Crippen LogP contribution in [-0.2, 0) is 0 Å². The molecule has 0 aliphatic carbocycles. The van der Waals surface area contributed by atoms with Gasteiger partial charge in [-0.1, -0.05) is 0 Å². The molecule has 0 fully saturated rings. The maximum Gasteiger partial charge on any atom is 0.155 e. The number of H-pyrrole nitrogens is 1. The van der Waals surface area contributed by atoms with Crippen molar-refractivity contribution in [3.05, 3.63) is 54.9 Å². The molecule has 0 aliphatic rings. The van der Waals surface area contributed by atoms with E-state index in [1.807, 2.05) is 66.8 Å². The van der Waals surface area contributed by atoms with Crippen LogP contribution in [0.25, 0.3) is 11.3 Å². The van der Waals surface area contributed by atoms with Gasteiger partial charge in [0.1, 0.15) is 0 Å². The van der Waals surface area contributed by atoms with Crippen molar-refractivity contribution in [2.24, 2.45) is 0 Å². The Morgan fingerprint density at radius 2 is 1.80 bits per heavy atom.